The third-order valence-electron chi connectivity index (χ3n) is 4.36. The highest BCUT2D eigenvalue weighted by Gasteiger charge is 2.34. The summed E-state index contributed by atoms with van der Waals surface area (Å²) in [5.41, 5.74) is 1.86. The fourth-order valence-corrected chi connectivity index (χ4v) is 2.98. The SMILES string of the molecule is CO[C@H]1[C@H](CNC(=O)CCc2c(C)noc2C)COC[C@H]1OC. The second kappa shape index (κ2) is 8.42. The van der Waals surface area contributed by atoms with Crippen molar-refractivity contribution < 1.29 is 23.5 Å². The van der Waals surface area contributed by atoms with Gasteiger partial charge in [-0.1, -0.05) is 5.16 Å². The zero-order chi connectivity index (χ0) is 16.8. The lowest BCUT2D eigenvalue weighted by Gasteiger charge is -2.36. The zero-order valence-corrected chi connectivity index (χ0v) is 14.3. The van der Waals surface area contributed by atoms with Gasteiger partial charge in [-0.25, -0.2) is 0 Å². The van der Waals surface area contributed by atoms with Crippen LogP contribution in [0.15, 0.2) is 4.52 Å². The number of aromatic nitrogens is 1. The number of carbonyl (C=O) groups excluding carboxylic acids is 1. The Bertz CT molecular complexity index is 497. The van der Waals surface area contributed by atoms with Gasteiger partial charge in [-0.15, -0.1) is 0 Å². The van der Waals surface area contributed by atoms with Gasteiger partial charge in [0.2, 0.25) is 5.91 Å². The first-order valence-electron chi connectivity index (χ1n) is 7.88. The number of aryl methyl sites for hydroxylation is 2. The largest absolute Gasteiger partial charge is 0.378 e. The van der Waals surface area contributed by atoms with Crippen molar-refractivity contribution in [3.8, 4) is 0 Å². The summed E-state index contributed by atoms with van der Waals surface area (Å²) < 4.78 is 21.5. The number of hydrogen-bond donors (Lipinski definition) is 1. The second-order valence-electron chi connectivity index (χ2n) is 5.88. The number of methoxy groups -OCH3 is 2. The van der Waals surface area contributed by atoms with Gasteiger partial charge in [0.05, 0.1) is 25.0 Å². The van der Waals surface area contributed by atoms with Crippen LogP contribution in [0.5, 0.6) is 0 Å². The number of carbonyl (C=O) groups is 1. The van der Waals surface area contributed by atoms with Crippen LogP contribution in [0.2, 0.25) is 0 Å². The summed E-state index contributed by atoms with van der Waals surface area (Å²) in [6.45, 7) is 5.34. The van der Waals surface area contributed by atoms with Crippen molar-refractivity contribution >= 4 is 5.91 Å². The van der Waals surface area contributed by atoms with E-state index in [1.165, 1.54) is 0 Å². The molecule has 0 saturated carbocycles. The first-order valence-corrected chi connectivity index (χ1v) is 7.88. The van der Waals surface area contributed by atoms with Crippen molar-refractivity contribution in [2.45, 2.75) is 38.9 Å². The fraction of sp³-hybridized carbons (Fsp3) is 0.750. The Morgan fingerprint density at radius 1 is 1.30 bits per heavy atom. The van der Waals surface area contributed by atoms with Crippen LogP contribution in [0.3, 0.4) is 0 Å². The maximum atomic E-state index is 12.1. The van der Waals surface area contributed by atoms with Gasteiger partial charge in [0.15, 0.2) is 0 Å². The van der Waals surface area contributed by atoms with E-state index in [-0.39, 0.29) is 24.0 Å². The maximum absolute atomic E-state index is 12.1. The van der Waals surface area contributed by atoms with Crippen molar-refractivity contribution in [3.63, 3.8) is 0 Å². The van der Waals surface area contributed by atoms with E-state index in [1.54, 1.807) is 14.2 Å². The standard InChI is InChI=1S/C16H26N2O5/c1-10-13(11(2)23-18-10)5-6-15(19)17-7-12-8-22-9-14(20-3)16(12)21-4/h12,14,16H,5-9H2,1-4H3,(H,17,19)/t12-,14-,16+/m1/s1. The summed E-state index contributed by atoms with van der Waals surface area (Å²) in [4.78, 5) is 12.1. The topological polar surface area (TPSA) is 82.8 Å². The molecule has 23 heavy (non-hydrogen) atoms. The van der Waals surface area contributed by atoms with E-state index in [0.29, 0.717) is 32.6 Å². The van der Waals surface area contributed by atoms with Crippen molar-refractivity contribution in [1.29, 1.82) is 0 Å². The molecule has 3 atom stereocenters. The molecule has 7 heteroatoms. The summed E-state index contributed by atoms with van der Waals surface area (Å²) in [5.74, 6) is 0.861. The van der Waals surface area contributed by atoms with E-state index in [4.69, 9.17) is 18.7 Å². The van der Waals surface area contributed by atoms with Crippen LogP contribution >= 0.6 is 0 Å². The van der Waals surface area contributed by atoms with E-state index in [0.717, 1.165) is 17.0 Å². The van der Waals surface area contributed by atoms with E-state index in [1.807, 2.05) is 13.8 Å². The van der Waals surface area contributed by atoms with Crippen molar-refractivity contribution in [2.24, 2.45) is 5.92 Å². The van der Waals surface area contributed by atoms with Crippen LogP contribution < -0.4 is 5.32 Å². The number of rotatable bonds is 7. The van der Waals surface area contributed by atoms with Crippen LogP contribution in [-0.4, -0.2) is 57.2 Å². The van der Waals surface area contributed by atoms with Gasteiger partial charge in [-0.2, -0.15) is 0 Å². The summed E-state index contributed by atoms with van der Waals surface area (Å²) in [6, 6.07) is 0. The molecule has 2 heterocycles. The average molecular weight is 326 g/mol. The van der Waals surface area contributed by atoms with Crippen LogP contribution in [0.4, 0.5) is 0 Å². The number of ether oxygens (including phenoxy) is 3. The van der Waals surface area contributed by atoms with Crippen LogP contribution in [-0.2, 0) is 25.4 Å². The molecule has 1 aromatic heterocycles. The van der Waals surface area contributed by atoms with E-state index in [2.05, 4.69) is 10.5 Å². The smallest absolute Gasteiger partial charge is 0.220 e. The highest BCUT2D eigenvalue weighted by Crippen LogP contribution is 2.20. The number of nitrogens with one attached hydrogen (secondary N) is 1. The van der Waals surface area contributed by atoms with Crippen molar-refractivity contribution in [3.05, 3.63) is 17.0 Å². The molecule has 0 aliphatic carbocycles. The Morgan fingerprint density at radius 2 is 2.09 bits per heavy atom. The van der Waals surface area contributed by atoms with Gasteiger partial charge in [0, 0.05) is 38.7 Å². The predicted octanol–water partition coefficient (Wildman–Crippen LogP) is 1.02. The molecule has 1 aromatic rings. The second-order valence-corrected chi connectivity index (χ2v) is 5.88. The molecular weight excluding hydrogens is 300 g/mol. The normalized spacial score (nSPS) is 24.6. The Morgan fingerprint density at radius 3 is 2.70 bits per heavy atom. The van der Waals surface area contributed by atoms with Gasteiger partial charge in [-0.05, 0) is 20.3 Å². The van der Waals surface area contributed by atoms with Crippen LogP contribution in [0.1, 0.15) is 23.4 Å². The Balaban J connectivity index is 1.79. The van der Waals surface area contributed by atoms with E-state index >= 15 is 0 Å². The predicted molar refractivity (Wildman–Crippen MR) is 83.2 cm³/mol. The first kappa shape index (κ1) is 17.9. The van der Waals surface area contributed by atoms with Crippen LogP contribution in [0.25, 0.3) is 0 Å². The lowest BCUT2D eigenvalue weighted by molar-refractivity contribution is -0.147. The zero-order valence-electron chi connectivity index (χ0n) is 14.3. The molecule has 1 saturated heterocycles. The monoisotopic (exact) mass is 326 g/mol. The molecular formula is C16H26N2O5. The third kappa shape index (κ3) is 4.53. The van der Waals surface area contributed by atoms with Crippen LogP contribution in [0, 0.1) is 19.8 Å². The average Bonchev–Trinajstić information content (AvgIpc) is 2.88. The molecule has 7 nitrogen and oxygen atoms in total. The summed E-state index contributed by atoms with van der Waals surface area (Å²) in [5, 5.41) is 6.86. The molecule has 130 valence electrons. The van der Waals surface area contributed by atoms with Gasteiger partial charge < -0.3 is 24.1 Å². The molecule has 1 amide bonds. The van der Waals surface area contributed by atoms with Crippen molar-refractivity contribution in [1.82, 2.24) is 10.5 Å². The minimum atomic E-state index is -0.0991. The summed E-state index contributed by atoms with van der Waals surface area (Å²) in [7, 11) is 3.30. The minimum absolute atomic E-state index is 0.000562. The molecule has 0 spiro atoms. The molecule has 0 radical (unpaired) electrons. The molecule has 1 N–H and O–H groups in total. The van der Waals surface area contributed by atoms with E-state index in [9.17, 15) is 4.79 Å². The quantitative estimate of drug-likeness (QED) is 0.805. The molecule has 0 aromatic carbocycles. The van der Waals surface area contributed by atoms with E-state index < -0.39 is 0 Å². The number of nitrogens with zero attached hydrogens (tertiary/aromatic N) is 1. The number of hydrogen-bond acceptors (Lipinski definition) is 6. The molecule has 1 fully saturated rings. The minimum Gasteiger partial charge on any atom is -0.378 e. The Labute approximate surface area is 136 Å². The Kier molecular flexibility index (Phi) is 6.56. The van der Waals surface area contributed by atoms with Gasteiger partial charge in [-0.3, -0.25) is 4.79 Å². The van der Waals surface area contributed by atoms with Gasteiger partial charge >= 0.3 is 0 Å². The van der Waals surface area contributed by atoms with Gasteiger partial charge in [0.25, 0.3) is 0 Å². The summed E-state index contributed by atoms with van der Waals surface area (Å²) in [6.07, 6.45) is 0.860. The van der Waals surface area contributed by atoms with Gasteiger partial charge in [0.1, 0.15) is 11.9 Å². The molecule has 0 unspecified atom stereocenters. The third-order valence-corrected chi connectivity index (χ3v) is 4.36. The number of amides is 1. The lowest BCUT2D eigenvalue weighted by atomic mass is 9.96. The lowest BCUT2D eigenvalue weighted by Crippen LogP contribution is -2.50. The highest BCUT2D eigenvalue weighted by atomic mass is 16.6. The maximum Gasteiger partial charge on any atom is 0.220 e. The van der Waals surface area contributed by atoms with Crippen molar-refractivity contribution in [2.75, 3.05) is 34.0 Å². The molecule has 2 rings (SSSR count). The first-order chi connectivity index (χ1) is 11.1. The molecule has 1 aliphatic heterocycles. The molecule has 1 aliphatic rings. The fourth-order valence-electron chi connectivity index (χ4n) is 2.98. The summed E-state index contributed by atoms with van der Waals surface area (Å²) >= 11 is 0. The highest BCUT2D eigenvalue weighted by molar-refractivity contribution is 5.76. The molecule has 0 bridgehead atoms. The Hall–Kier alpha value is -1.44.